The zero-order valence-corrected chi connectivity index (χ0v) is 18.2. The first-order valence-corrected chi connectivity index (χ1v) is 11.1. The predicted octanol–water partition coefficient (Wildman–Crippen LogP) is 4.04. The number of hydrogen-bond acceptors (Lipinski definition) is 4. The Balaban J connectivity index is 1.42. The summed E-state index contributed by atoms with van der Waals surface area (Å²) in [6, 6.07) is 18.4. The molecule has 0 spiro atoms. The molecular formula is C23H21ClN4O2S. The van der Waals surface area contributed by atoms with E-state index in [4.69, 9.17) is 11.6 Å². The monoisotopic (exact) mass is 452 g/mol. The highest BCUT2D eigenvalue weighted by molar-refractivity contribution is 7.09. The molecule has 0 radical (unpaired) electrons. The van der Waals surface area contributed by atoms with Crippen LogP contribution in [0.3, 0.4) is 0 Å². The number of imidazole rings is 1. The number of benzene rings is 2. The molecule has 4 aromatic rings. The molecule has 0 aliphatic rings. The second kappa shape index (κ2) is 9.76. The van der Waals surface area contributed by atoms with Crippen LogP contribution < -0.4 is 10.6 Å². The van der Waals surface area contributed by atoms with Crippen molar-refractivity contribution in [1.29, 1.82) is 0 Å². The standard InChI is InChI=1S/C23H21ClN4O2S/c24-17-9-7-16(8-10-17)23(30)25-12-11-21-27-19-5-1-2-6-20(19)28(21)15-22(29)26-14-18-4-3-13-31-18/h1-10,13H,11-12,14-15H2,(H,25,30)(H,26,29). The van der Waals surface area contributed by atoms with E-state index in [9.17, 15) is 9.59 Å². The maximum atomic E-state index is 12.6. The van der Waals surface area contributed by atoms with E-state index in [1.54, 1.807) is 35.6 Å². The Labute approximate surface area is 188 Å². The van der Waals surface area contributed by atoms with Gasteiger partial charge in [0.25, 0.3) is 5.91 Å². The number of para-hydroxylation sites is 2. The zero-order chi connectivity index (χ0) is 21.6. The van der Waals surface area contributed by atoms with Crippen molar-refractivity contribution in [3.63, 3.8) is 0 Å². The number of carbonyl (C=O) groups is 2. The molecule has 0 saturated carbocycles. The van der Waals surface area contributed by atoms with E-state index in [-0.39, 0.29) is 18.4 Å². The topological polar surface area (TPSA) is 76.0 Å². The van der Waals surface area contributed by atoms with Crippen LogP contribution in [0.2, 0.25) is 5.02 Å². The fourth-order valence-electron chi connectivity index (χ4n) is 3.28. The first-order chi connectivity index (χ1) is 15.1. The first kappa shape index (κ1) is 21.1. The number of nitrogens with zero attached hydrogens (tertiary/aromatic N) is 2. The number of thiophene rings is 1. The Hall–Kier alpha value is -3.16. The Morgan fingerprint density at radius 3 is 2.58 bits per heavy atom. The van der Waals surface area contributed by atoms with Gasteiger partial charge >= 0.3 is 0 Å². The second-order valence-electron chi connectivity index (χ2n) is 6.97. The highest BCUT2D eigenvalue weighted by atomic mass is 35.5. The minimum atomic E-state index is -0.173. The van der Waals surface area contributed by atoms with Gasteiger partial charge in [-0.3, -0.25) is 9.59 Å². The molecule has 2 aromatic carbocycles. The van der Waals surface area contributed by atoms with Crippen LogP contribution in [0.4, 0.5) is 0 Å². The molecule has 2 heterocycles. The van der Waals surface area contributed by atoms with Crippen LogP contribution in [0, 0.1) is 0 Å². The summed E-state index contributed by atoms with van der Waals surface area (Å²) in [5.74, 6) is 0.500. The average Bonchev–Trinajstić information content (AvgIpc) is 3.41. The molecule has 0 atom stereocenters. The van der Waals surface area contributed by atoms with Crippen molar-refractivity contribution in [3.8, 4) is 0 Å². The van der Waals surface area contributed by atoms with Crippen LogP contribution >= 0.6 is 22.9 Å². The summed E-state index contributed by atoms with van der Waals surface area (Å²) in [6.07, 6.45) is 0.506. The molecule has 2 amide bonds. The number of aromatic nitrogens is 2. The van der Waals surface area contributed by atoms with Gasteiger partial charge in [0, 0.05) is 28.4 Å². The number of rotatable bonds is 8. The van der Waals surface area contributed by atoms with E-state index in [0.717, 1.165) is 21.7 Å². The number of carbonyl (C=O) groups excluding carboxylic acids is 2. The van der Waals surface area contributed by atoms with Gasteiger partial charge in [-0.25, -0.2) is 4.98 Å². The van der Waals surface area contributed by atoms with Gasteiger partial charge in [0.15, 0.2) is 0 Å². The maximum absolute atomic E-state index is 12.6. The summed E-state index contributed by atoms with van der Waals surface area (Å²) >= 11 is 7.48. The van der Waals surface area contributed by atoms with Crippen molar-refractivity contribution < 1.29 is 9.59 Å². The van der Waals surface area contributed by atoms with Crippen LogP contribution in [0.5, 0.6) is 0 Å². The largest absolute Gasteiger partial charge is 0.352 e. The lowest BCUT2D eigenvalue weighted by Gasteiger charge is -2.10. The van der Waals surface area contributed by atoms with Gasteiger partial charge in [-0.15, -0.1) is 11.3 Å². The van der Waals surface area contributed by atoms with Crippen molar-refractivity contribution in [1.82, 2.24) is 20.2 Å². The van der Waals surface area contributed by atoms with Crippen LogP contribution in [0.25, 0.3) is 11.0 Å². The third-order valence-electron chi connectivity index (χ3n) is 4.82. The maximum Gasteiger partial charge on any atom is 0.251 e. The molecule has 158 valence electrons. The minimum Gasteiger partial charge on any atom is -0.352 e. The summed E-state index contributed by atoms with van der Waals surface area (Å²) in [6.45, 7) is 1.09. The Morgan fingerprint density at radius 2 is 1.81 bits per heavy atom. The lowest BCUT2D eigenvalue weighted by molar-refractivity contribution is -0.121. The fraction of sp³-hybridized carbons (Fsp3) is 0.174. The van der Waals surface area contributed by atoms with Crippen molar-refractivity contribution >= 4 is 45.8 Å². The summed E-state index contributed by atoms with van der Waals surface area (Å²) < 4.78 is 1.91. The summed E-state index contributed by atoms with van der Waals surface area (Å²) in [5, 5.41) is 8.43. The van der Waals surface area contributed by atoms with Crippen LogP contribution in [0.1, 0.15) is 21.1 Å². The van der Waals surface area contributed by atoms with E-state index in [1.807, 2.05) is 46.3 Å². The molecule has 0 fully saturated rings. The lowest BCUT2D eigenvalue weighted by atomic mass is 10.2. The number of amides is 2. The third-order valence-corrected chi connectivity index (χ3v) is 5.94. The second-order valence-corrected chi connectivity index (χ2v) is 8.44. The van der Waals surface area contributed by atoms with Crippen LogP contribution in [-0.2, 0) is 24.3 Å². The Morgan fingerprint density at radius 1 is 1.00 bits per heavy atom. The van der Waals surface area contributed by atoms with E-state index in [1.165, 1.54) is 0 Å². The van der Waals surface area contributed by atoms with E-state index < -0.39 is 0 Å². The molecule has 6 nitrogen and oxygen atoms in total. The third kappa shape index (κ3) is 5.31. The highest BCUT2D eigenvalue weighted by Crippen LogP contribution is 2.17. The SMILES string of the molecule is O=C(Cn1c(CCNC(=O)c2ccc(Cl)cc2)nc2ccccc21)NCc1cccs1. The van der Waals surface area contributed by atoms with Gasteiger partial charge in [0.2, 0.25) is 5.91 Å². The number of fused-ring (bicyclic) bond motifs is 1. The predicted molar refractivity (Wildman–Crippen MR) is 123 cm³/mol. The summed E-state index contributed by atoms with van der Waals surface area (Å²) in [7, 11) is 0. The molecule has 2 N–H and O–H groups in total. The molecule has 2 aromatic heterocycles. The Kier molecular flexibility index (Phi) is 6.64. The lowest BCUT2D eigenvalue weighted by Crippen LogP contribution is -2.29. The van der Waals surface area contributed by atoms with Gasteiger partial charge < -0.3 is 15.2 Å². The highest BCUT2D eigenvalue weighted by Gasteiger charge is 2.14. The average molecular weight is 453 g/mol. The molecule has 31 heavy (non-hydrogen) atoms. The van der Waals surface area contributed by atoms with E-state index in [0.29, 0.717) is 30.1 Å². The number of hydrogen-bond donors (Lipinski definition) is 2. The van der Waals surface area contributed by atoms with Gasteiger partial charge in [0.05, 0.1) is 17.6 Å². The fourth-order valence-corrected chi connectivity index (χ4v) is 4.05. The number of nitrogens with one attached hydrogen (secondary N) is 2. The smallest absolute Gasteiger partial charge is 0.251 e. The molecule has 0 bridgehead atoms. The molecule has 0 aliphatic heterocycles. The zero-order valence-electron chi connectivity index (χ0n) is 16.7. The normalized spacial score (nSPS) is 10.9. The van der Waals surface area contributed by atoms with E-state index in [2.05, 4.69) is 15.6 Å². The summed E-state index contributed by atoms with van der Waals surface area (Å²) in [5.41, 5.74) is 2.27. The van der Waals surface area contributed by atoms with Crippen LogP contribution in [0.15, 0.2) is 66.0 Å². The van der Waals surface area contributed by atoms with Crippen molar-refractivity contribution in [2.45, 2.75) is 19.5 Å². The molecule has 0 saturated heterocycles. The molecule has 8 heteroatoms. The summed E-state index contributed by atoms with van der Waals surface area (Å²) in [4.78, 5) is 30.7. The van der Waals surface area contributed by atoms with Crippen molar-refractivity contribution in [2.75, 3.05) is 6.54 Å². The minimum absolute atomic E-state index is 0.0806. The van der Waals surface area contributed by atoms with Gasteiger partial charge in [0.1, 0.15) is 12.4 Å². The quantitative estimate of drug-likeness (QED) is 0.423. The molecular weight excluding hydrogens is 432 g/mol. The van der Waals surface area contributed by atoms with Gasteiger partial charge in [-0.2, -0.15) is 0 Å². The van der Waals surface area contributed by atoms with E-state index >= 15 is 0 Å². The molecule has 4 rings (SSSR count). The van der Waals surface area contributed by atoms with Crippen molar-refractivity contribution in [3.05, 3.63) is 87.3 Å². The van der Waals surface area contributed by atoms with Gasteiger partial charge in [-0.1, -0.05) is 29.8 Å². The van der Waals surface area contributed by atoms with Crippen molar-refractivity contribution in [2.24, 2.45) is 0 Å². The van der Waals surface area contributed by atoms with Gasteiger partial charge in [-0.05, 0) is 47.8 Å². The number of halogens is 1. The molecule has 0 aliphatic carbocycles. The Bertz CT molecular complexity index is 1190. The first-order valence-electron chi connectivity index (χ1n) is 9.87. The van der Waals surface area contributed by atoms with Crippen LogP contribution in [-0.4, -0.2) is 27.9 Å². The molecule has 0 unspecified atom stereocenters.